The Morgan fingerprint density at radius 3 is 3.04 bits per heavy atom. The SMILES string of the molecule is COc1ncccc1C(=O)NCC1(O)CCCN(c2cnccn2)C1. The first kappa shape index (κ1) is 17.1. The predicted molar refractivity (Wildman–Crippen MR) is 91.6 cm³/mol. The molecule has 132 valence electrons. The fraction of sp³-hybridized carbons (Fsp3) is 0.412. The number of methoxy groups -OCH3 is 1. The Balaban J connectivity index is 1.64. The maximum atomic E-state index is 12.4. The van der Waals surface area contributed by atoms with E-state index < -0.39 is 5.60 Å². The minimum Gasteiger partial charge on any atom is -0.480 e. The third-order valence-corrected chi connectivity index (χ3v) is 4.22. The maximum absolute atomic E-state index is 12.4. The number of pyridine rings is 1. The summed E-state index contributed by atoms with van der Waals surface area (Å²) in [4.78, 5) is 26.7. The van der Waals surface area contributed by atoms with Gasteiger partial charge in [0.2, 0.25) is 5.88 Å². The number of β-amino-alcohol motifs (C(OH)–C–C–N with tert-alkyl or cyclic N) is 1. The second-order valence-corrected chi connectivity index (χ2v) is 6.06. The molecular weight excluding hydrogens is 322 g/mol. The zero-order valence-corrected chi connectivity index (χ0v) is 14.1. The van der Waals surface area contributed by atoms with Crippen LogP contribution in [0.3, 0.4) is 0 Å². The molecule has 2 aromatic rings. The number of piperidine rings is 1. The van der Waals surface area contributed by atoms with E-state index in [-0.39, 0.29) is 18.3 Å². The molecule has 1 atom stereocenters. The molecule has 0 aliphatic carbocycles. The normalized spacial score (nSPS) is 20.2. The van der Waals surface area contributed by atoms with E-state index in [1.165, 1.54) is 7.11 Å². The van der Waals surface area contributed by atoms with Gasteiger partial charge in [0.25, 0.3) is 5.91 Å². The van der Waals surface area contributed by atoms with Crippen LogP contribution < -0.4 is 15.0 Å². The summed E-state index contributed by atoms with van der Waals surface area (Å²) in [7, 11) is 1.46. The van der Waals surface area contributed by atoms with Gasteiger partial charge in [0.1, 0.15) is 11.4 Å². The third-order valence-electron chi connectivity index (χ3n) is 4.22. The van der Waals surface area contributed by atoms with Crippen molar-refractivity contribution in [3.63, 3.8) is 0 Å². The second-order valence-electron chi connectivity index (χ2n) is 6.06. The Kier molecular flexibility index (Phi) is 5.08. The molecule has 1 unspecified atom stereocenters. The standard InChI is InChI=1S/C17H21N5O3/c1-25-16-13(4-2-6-20-16)15(23)21-11-17(24)5-3-9-22(12-17)14-10-18-7-8-19-14/h2,4,6-8,10,24H,3,5,9,11-12H2,1H3,(H,21,23). The number of nitrogens with zero attached hydrogens (tertiary/aromatic N) is 4. The van der Waals surface area contributed by atoms with Gasteiger partial charge >= 0.3 is 0 Å². The molecule has 3 rings (SSSR count). The average Bonchev–Trinajstić information content (AvgIpc) is 2.67. The van der Waals surface area contributed by atoms with Crippen LogP contribution >= 0.6 is 0 Å². The molecule has 8 nitrogen and oxygen atoms in total. The molecule has 0 spiro atoms. The minimum atomic E-state index is -1.03. The highest BCUT2D eigenvalue weighted by Gasteiger charge is 2.34. The summed E-state index contributed by atoms with van der Waals surface area (Å²) in [5, 5.41) is 13.7. The van der Waals surface area contributed by atoms with E-state index in [1.54, 1.807) is 36.9 Å². The van der Waals surface area contributed by atoms with Gasteiger partial charge < -0.3 is 20.1 Å². The van der Waals surface area contributed by atoms with Crippen molar-refractivity contribution < 1.29 is 14.6 Å². The monoisotopic (exact) mass is 343 g/mol. The fourth-order valence-corrected chi connectivity index (χ4v) is 2.97. The number of ether oxygens (including phenoxy) is 1. The molecule has 2 aromatic heterocycles. The lowest BCUT2D eigenvalue weighted by molar-refractivity contribution is 0.0254. The van der Waals surface area contributed by atoms with Crippen molar-refractivity contribution in [1.29, 1.82) is 0 Å². The average molecular weight is 343 g/mol. The number of carbonyl (C=O) groups is 1. The van der Waals surface area contributed by atoms with Crippen molar-refractivity contribution in [2.24, 2.45) is 0 Å². The summed E-state index contributed by atoms with van der Waals surface area (Å²) >= 11 is 0. The van der Waals surface area contributed by atoms with Gasteiger partial charge in [-0.1, -0.05) is 0 Å². The van der Waals surface area contributed by atoms with Gasteiger partial charge in [-0.25, -0.2) is 9.97 Å². The molecule has 1 aliphatic rings. The number of hydrogen-bond donors (Lipinski definition) is 2. The van der Waals surface area contributed by atoms with E-state index in [4.69, 9.17) is 4.74 Å². The topological polar surface area (TPSA) is 100 Å². The van der Waals surface area contributed by atoms with Gasteiger partial charge in [0.05, 0.1) is 18.9 Å². The van der Waals surface area contributed by atoms with Crippen LogP contribution in [0.2, 0.25) is 0 Å². The molecule has 3 heterocycles. The molecule has 0 saturated carbocycles. The van der Waals surface area contributed by atoms with Crippen LogP contribution in [0.1, 0.15) is 23.2 Å². The highest BCUT2D eigenvalue weighted by Crippen LogP contribution is 2.24. The van der Waals surface area contributed by atoms with Crippen LogP contribution in [0, 0.1) is 0 Å². The first-order chi connectivity index (χ1) is 12.1. The summed E-state index contributed by atoms with van der Waals surface area (Å²) in [6.07, 6.45) is 7.88. The van der Waals surface area contributed by atoms with Crippen molar-refractivity contribution in [3.8, 4) is 5.88 Å². The summed E-state index contributed by atoms with van der Waals surface area (Å²) in [6.45, 7) is 1.32. The zero-order valence-electron chi connectivity index (χ0n) is 14.1. The fourth-order valence-electron chi connectivity index (χ4n) is 2.97. The van der Waals surface area contributed by atoms with E-state index >= 15 is 0 Å². The van der Waals surface area contributed by atoms with E-state index in [9.17, 15) is 9.90 Å². The largest absolute Gasteiger partial charge is 0.480 e. The van der Waals surface area contributed by atoms with E-state index in [0.29, 0.717) is 18.5 Å². The lowest BCUT2D eigenvalue weighted by Crippen LogP contribution is -2.54. The van der Waals surface area contributed by atoms with Crippen molar-refractivity contribution in [3.05, 3.63) is 42.5 Å². The molecule has 25 heavy (non-hydrogen) atoms. The van der Waals surface area contributed by atoms with Gasteiger partial charge in [0.15, 0.2) is 0 Å². The number of aliphatic hydroxyl groups is 1. The quantitative estimate of drug-likeness (QED) is 0.822. The number of carbonyl (C=O) groups excluding carboxylic acids is 1. The molecular formula is C17H21N5O3. The van der Waals surface area contributed by atoms with Crippen LogP contribution in [-0.4, -0.2) is 58.3 Å². The number of rotatable bonds is 5. The van der Waals surface area contributed by atoms with E-state index in [1.807, 2.05) is 4.90 Å². The minimum absolute atomic E-state index is 0.140. The third kappa shape index (κ3) is 4.03. The molecule has 1 aliphatic heterocycles. The Labute approximate surface area is 145 Å². The highest BCUT2D eigenvalue weighted by atomic mass is 16.5. The van der Waals surface area contributed by atoms with Gasteiger partial charge in [0, 0.05) is 38.2 Å². The molecule has 1 amide bonds. The first-order valence-electron chi connectivity index (χ1n) is 8.12. The lowest BCUT2D eigenvalue weighted by Gasteiger charge is -2.39. The predicted octanol–water partition coefficient (Wildman–Crippen LogP) is 0.641. The molecule has 1 fully saturated rings. The van der Waals surface area contributed by atoms with Gasteiger partial charge in [-0.05, 0) is 25.0 Å². The second kappa shape index (κ2) is 7.43. The molecule has 1 saturated heterocycles. The highest BCUT2D eigenvalue weighted by molar-refractivity contribution is 5.96. The van der Waals surface area contributed by atoms with Gasteiger partial charge in [-0.15, -0.1) is 0 Å². The van der Waals surface area contributed by atoms with Crippen molar-refractivity contribution in [2.45, 2.75) is 18.4 Å². The Morgan fingerprint density at radius 2 is 2.28 bits per heavy atom. The Hall–Kier alpha value is -2.74. The number of amides is 1. The molecule has 2 N–H and O–H groups in total. The van der Waals surface area contributed by atoms with Crippen LogP contribution in [0.15, 0.2) is 36.9 Å². The lowest BCUT2D eigenvalue weighted by atomic mass is 9.92. The molecule has 0 radical (unpaired) electrons. The van der Waals surface area contributed by atoms with Crippen molar-refractivity contribution in [1.82, 2.24) is 20.3 Å². The maximum Gasteiger partial charge on any atom is 0.256 e. The zero-order chi connectivity index (χ0) is 17.7. The molecule has 8 heteroatoms. The van der Waals surface area contributed by atoms with Crippen LogP contribution in [0.5, 0.6) is 5.88 Å². The number of hydrogen-bond acceptors (Lipinski definition) is 7. The summed E-state index contributed by atoms with van der Waals surface area (Å²) in [6, 6.07) is 3.31. The van der Waals surface area contributed by atoms with E-state index in [0.717, 1.165) is 18.8 Å². The number of anilines is 1. The Morgan fingerprint density at radius 1 is 1.40 bits per heavy atom. The van der Waals surface area contributed by atoms with Crippen LogP contribution in [-0.2, 0) is 0 Å². The van der Waals surface area contributed by atoms with E-state index in [2.05, 4.69) is 20.3 Å². The van der Waals surface area contributed by atoms with Crippen LogP contribution in [0.4, 0.5) is 5.82 Å². The smallest absolute Gasteiger partial charge is 0.256 e. The van der Waals surface area contributed by atoms with Gasteiger partial charge in [-0.3, -0.25) is 9.78 Å². The van der Waals surface area contributed by atoms with Crippen molar-refractivity contribution in [2.75, 3.05) is 31.6 Å². The molecule has 0 bridgehead atoms. The van der Waals surface area contributed by atoms with Gasteiger partial charge in [-0.2, -0.15) is 0 Å². The Bertz CT molecular complexity index is 727. The summed E-state index contributed by atoms with van der Waals surface area (Å²) in [5.41, 5.74) is -0.684. The van der Waals surface area contributed by atoms with Crippen LogP contribution in [0.25, 0.3) is 0 Å². The number of aromatic nitrogens is 3. The number of nitrogens with one attached hydrogen (secondary N) is 1. The van der Waals surface area contributed by atoms with Crippen molar-refractivity contribution >= 4 is 11.7 Å². The summed E-state index contributed by atoms with van der Waals surface area (Å²) in [5.74, 6) is 0.660. The summed E-state index contributed by atoms with van der Waals surface area (Å²) < 4.78 is 5.10. The first-order valence-corrected chi connectivity index (χ1v) is 8.12. The molecule has 0 aromatic carbocycles.